The Bertz CT molecular complexity index is 861. The Morgan fingerprint density at radius 3 is 2.33 bits per heavy atom. The molecule has 1 N–H and O–H groups in total. The second kappa shape index (κ2) is 8.31. The third-order valence-electron chi connectivity index (χ3n) is 5.20. The van der Waals surface area contributed by atoms with Gasteiger partial charge < -0.3 is 9.47 Å². The normalized spacial score (nSPS) is 15.3. The minimum absolute atomic E-state index is 0.133. The number of rotatable bonds is 10. The molecule has 0 atom stereocenters. The molecule has 27 heavy (non-hydrogen) atoms. The van der Waals surface area contributed by atoms with Crippen molar-refractivity contribution in [1.82, 2.24) is 4.72 Å². The Morgan fingerprint density at radius 1 is 1.00 bits per heavy atom. The molecule has 0 saturated heterocycles. The fourth-order valence-corrected chi connectivity index (χ4v) is 4.48. The van der Waals surface area contributed by atoms with E-state index in [0.717, 1.165) is 30.4 Å². The first-order valence-corrected chi connectivity index (χ1v) is 10.9. The largest absolute Gasteiger partial charge is 0.493 e. The lowest BCUT2D eigenvalue weighted by Crippen LogP contribution is -2.34. The monoisotopic (exact) mass is 389 g/mol. The molecule has 1 saturated carbocycles. The standard InChI is InChI=1S/C21H27NO4S/c1-25-19-11-10-18(15-20(19)26-2)21(12-13-21)16-22-27(23,24)14-6-9-17-7-4-3-5-8-17/h3-5,7-8,10-11,15,22H,6,9,12-14,16H2,1-2H3. The van der Waals surface area contributed by atoms with Crippen LogP contribution in [0.15, 0.2) is 48.5 Å². The predicted molar refractivity (Wildman–Crippen MR) is 107 cm³/mol. The number of sulfonamides is 1. The minimum atomic E-state index is -3.29. The smallest absolute Gasteiger partial charge is 0.211 e. The molecule has 5 nitrogen and oxygen atoms in total. The van der Waals surface area contributed by atoms with Gasteiger partial charge >= 0.3 is 0 Å². The molecule has 1 aliphatic carbocycles. The Morgan fingerprint density at radius 2 is 1.70 bits per heavy atom. The summed E-state index contributed by atoms with van der Waals surface area (Å²) >= 11 is 0. The molecule has 2 aromatic rings. The number of methoxy groups -OCH3 is 2. The van der Waals surface area contributed by atoms with Crippen LogP contribution in [-0.2, 0) is 21.9 Å². The van der Waals surface area contributed by atoms with Crippen LogP contribution in [0.3, 0.4) is 0 Å². The molecule has 3 rings (SSSR count). The maximum absolute atomic E-state index is 12.4. The van der Waals surface area contributed by atoms with Gasteiger partial charge in [0.1, 0.15) is 0 Å². The zero-order valence-electron chi connectivity index (χ0n) is 15.9. The van der Waals surface area contributed by atoms with Crippen molar-refractivity contribution in [2.24, 2.45) is 0 Å². The lowest BCUT2D eigenvalue weighted by atomic mass is 9.96. The number of nitrogens with one attached hydrogen (secondary N) is 1. The summed E-state index contributed by atoms with van der Waals surface area (Å²) in [4.78, 5) is 0. The highest BCUT2D eigenvalue weighted by Crippen LogP contribution is 2.49. The number of aryl methyl sites for hydroxylation is 1. The van der Waals surface area contributed by atoms with Crippen LogP contribution >= 0.6 is 0 Å². The first kappa shape index (κ1) is 19.7. The summed E-state index contributed by atoms with van der Waals surface area (Å²) in [5.41, 5.74) is 2.12. The Labute approximate surface area is 161 Å². The third-order valence-corrected chi connectivity index (χ3v) is 6.61. The maximum Gasteiger partial charge on any atom is 0.211 e. The van der Waals surface area contributed by atoms with Gasteiger partial charge in [0.05, 0.1) is 20.0 Å². The van der Waals surface area contributed by atoms with Crippen LogP contribution in [0.5, 0.6) is 11.5 Å². The Hall–Kier alpha value is -2.05. The molecule has 0 unspecified atom stereocenters. The van der Waals surface area contributed by atoms with Gasteiger partial charge in [-0.2, -0.15) is 0 Å². The van der Waals surface area contributed by atoms with Gasteiger partial charge in [0.2, 0.25) is 10.0 Å². The predicted octanol–water partition coefficient (Wildman–Crippen LogP) is 3.29. The van der Waals surface area contributed by atoms with Gasteiger partial charge in [-0.05, 0) is 48.9 Å². The van der Waals surface area contributed by atoms with Crippen molar-refractivity contribution in [2.45, 2.75) is 31.1 Å². The van der Waals surface area contributed by atoms with Crippen LogP contribution in [-0.4, -0.2) is 34.9 Å². The van der Waals surface area contributed by atoms with E-state index in [0.29, 0.717) is 24.5 Å². The van der Waals surface area contributed by atoms with Gasteiger partial charge in [-0.25, -0.2) is 13.1 Å². The van der Waals surface area contributed by atoms with Crippen molar-refractivity contribution in [3.05, 3.63) is 59.7 Å². The summed E-state index contributed by atoms with van der Waals surface area (Å²) in [6, 6.07) is 15.8. The molecule has 0 aliphatic heterocycles. The van der Waals surface area contributed by atoms with Gasteiger partial charge in [-0.1, -0.05) is 36.4 Å². The van der Waals surface area contributed by atoms with Crippen molar-refractivity contribution in [3.63, 3.8) is 0 Å². The fourth-order valence-electron chi connectivity index (χ4n) is 3.32. The van der Waals surface area contributed by atoms with Gasteiger partial charge in [0, 0.05) is 12.0 Å². The first-order chi connectivity index (χ1) is 13.0. The molecule has 6 heteroatoms. The molecular formula is C21H27NO4S. The van der Waals surface area contributed by atoms with Crippen LogP contribution in [0, 0.1) is 0 Å². The number of hydrogen-bond acceptors (Lipinski definition) is 4. The van der Waals surface area contributed by atoms with Crippen LogP contribution in [0.2, 0.25) is 0 Å². The van der Waals surface area contributed by atoms with Crippen molar-refractivity contribution in [1.29, 1.82) is 0 Å². The summed E-state index contributed by atoms with van der Waals surface area (Å²) < 4.78 is 38.3. The molecule has 0 spiro atoms. The van der Waals surface area contributed by atoms with Crippen LogP contribution < -0.4 is 14.2 Å². The highest BCUT2D eigenvalue weighted by molar-refractivity contribution is 7.89. The van der Waals surface area contributed by atoms with E-state index in [1.165, 1.54) is 0 Å². The van der Waals surface area contributed by atoms with E-state index in [1.54, 1.807) is 14.2 Å². The molecule has 0 amide bonds. The van der Waals surface area contributed by atoms with Crippen molar-refractivity contribution in [3.8, 4) is 11.5 Å². The molecule has 2 aromatic carbocycles. The lowest BCUT2D eigenvalue weighted by molar-refractivity contribution is 0.354. The zero-order valence-corrected chi connectivity index (χ0v) is 16.7. The highest BCUT2D eigenvalue weighted by atomic mass is 32.2. The SMILES string of the molecule is COc1ccc(C2(CNS(=O)(=O)CCCc3ccccc3)CC2)cc1OC. The first-order valence-electron chi connectivity index (χ1n) is 9.22. The van der Waals surface area contributed by atoms with Crippen molar-refractivity contribution in [2.75, 3.05) is 26.5 Å². The summed E-state index contributed by atoms with van der Waals surface area (Å²) in [6.45, 7) is 0.427. The quantitative estimate of drug-likeness (QED) is 0.677. The second-order valence-corrected chi connectivity index (χ2v) is 9.01. The van der Waals surface area contributed by atoms with E-state index in [1.807, 2.05) is 48.5 Å². The van der Waals surface area contributed by atoms with Gasteiger partial charge in [-0.15, -0.1) is 0 Å². The molecular weight excluding hydrogens is 362 g/mol. The maximum atomic E-state index is 12.4. The average Bonchev–Trinajstić information content (AvgIpc) is 3.48. The molecule has 1 fully saturated rings. The Kier molecular flexibility index (Phi) is 6.07. The van der Waals surface area contributed by atoms with E-state index < -0.39 is 10.0 Å². The van der Waals surface area contributed by atoms with Crippen molar-refractivity contribution < 1.29 is 17.9 Å². The molecule has 0 bridgehead atoms. The van der Waals surface area contributed by atoms with E-state index in [9.17, 15) is 8.42 Å². The van der Waals surface area contributed by atoms with Gasteiger partial charge in [0.25, 0.3) is 0 Å². The topological polar surface area (TPSA) is 64.6 Å². The van der Waals surface area contributed by atoms with Gasteiger partial charge in [0.15, 0.2) is 11.5 Å². The fraction of sp³-hybridized carbons (Fsp3) is 0.429. The van der Waals surface area contributed by atoms with Crippen molar-refractivity contribution >= 4 is 10.0 Å². The average molecular weight is 390 g/mol. The summed E-state index contributed by atoms with van der Waals surface area (Å²) in [5, 5.41) is 0. The molecule has 1 aliphatic rings. The number of benzene rings is 2. The third kappa shape index (κ3) is 5.02. The highest BCUT2D eigenvalue weighted by Gasteiger charge is 2.45. The van der Waals surface area contributed by atoms with E-state index >= 15 is 0 Å². The number of hydrogen-bond donors (Lipinski definition) is 1. The van der Waals surface area contributed by atoms with Crippen LogP contribution in [0.25, 0.3) is 0 Å². The molecule has 146 valence electrons. The Balaban J connectivity index is 1.57. The zero-order chi connectivity index (χ0) is 19.3. The molecule has 0 radical (unpaired) electrons. The molecule has 0 heterocycles. The van der Waals surface area contributed by atoms with E-state index in [-0.39, 0.29) is 11.2 Å². The minimum Gasteiger partial charge on any atom is -0.493 e. The van der Waals surface area contributed by atoms with Crippen LogP contribution in [0.4, 0.5) is 0 Å². The lowest BCUT2D eigenvalue weighted by Gasteiger charge is -2.18. The summed E-state index contributed by atoms with van der Waals surface area (Å²) in [7, 11) is -0.0744. The number of ether oxygens (including phenoxy) is 2. The van der Waals surface area contributed by atoms with E-state index in [4.69, 9.17) is 9.47 Å². The van der Waals surface area contributed by atoms with Crippen LogP contribution in [0.1, 0.15) is 30.4 Å². The van der Waals surface area contributed by atoms with E-state index in [2.05, 4.69) is 4.72 Å². The summed E-state index contributed by atoms with van der Waals surface area (Å²) in [6.07, 6.45) is 3.31. The summed E-state index contributed by atoms with van der Waals surface area (Å²) in [5.74, 6) is 1.50. The molecule has 0 aromatic heterocycles. The second-order valence-electron chi connectivity index (χ2n) is 7.08. The van der Waals surface area contributed by atoms with Gasteiger partial charge in [-0.3, -0.25) is 0 Å².